The number of halogens is 1. The first-order chi connectivity index (χ1) is 10.3. The second-order valence-electron chi connectivity index (χ2n) is 4.26. The Balaban J connectivity index is 2.14. The van der Waals surface area contributed by atoms with Gasteiger partial charge in [0.15, 0.2) is 5.82 Å². The molecule has 0 saturated carbocycles. The molecule has 1 aromatic carbocycles. The summed E-state index contributed by atoms with van der Waals surface area (Å²) in [5, 5.41) is 3.02. The van der Waals surface area contributed by atoms with Gasteiger partial charge in [-0.05, 0) is 19.1 Å². The fraction of sp³-hybridized carbons (Fsp3) is 0.143. The lowest BCUT2D eigenvalue weighted by Crippen LogP contribution is -2.09. The van der Waals surface area contributed by atoms with Crippen molar-refractivity contribution in [2.45, 2.75) is 6.92 Å². The minimum absolute atomic E-state index is 0.280. The molecular weight excluding hydrogens is 271 g/mol. The molecule has 7 heteroatoms. The number of nitrogens with zero attached hydrogens (tertiary/aromatic N) is 5. The van der Waals surface area contributed by atoms with Gasteiger partial charge in [0.1, 0.15) is 12.1 Å². The van der Waals surface area contributed by atoms with E-state index in [4.69, 9.17) is 0 Å². The largest absolute Gasteiger partial charge is 0.354 e. The Morgan fingerprint density at radius 2 is 2.05 bits per heavy atom. The van der Waals surface area contributed by atoms with Crippen LogP contribution in [0.1, 0.15) is 6.92 Å². The van der Waals surface area contributed by atoms with Crippen LogP contribution in [0, 0.1) is 5.82 Å². The molecule has 3 aromatic rings. The zero-order valence-electron chi connectivity index (χ0n) is 11.4. The summed E-state index contributed by atoms with van der Waals surface area (Å²) < 4.78 is 15.6. The molecule has 2 aromatic heterocycles. The average molecular weight is 284 g/mol. The number of nitrogens with one attached hydrogen (secondary N) is 1. The molecule has 0 radical (unpaired) electrons. The highest BCUT2D eigenvalue weighted by Gasteiger charge is 2.12. The number of aromatic nitrogens is 5. The first-order valence-corrected chi connectivity index (χ1v) is 6.51. The maximum Gasteiger partial charge on any atom is 0.240 e. The van der Waals surface area contributed by atoms with Crippen molar-refractivity contribution >= 4 is 5.95 Å². The SMILES string of the molecule is CCNc1nc(-c2ccccc2F)nc(-n2ccnc2)n1. The van der Waals surface area contributed by atoms with Gasteiger partial charge in [-0.15, -0.1) is 0 Å². The van der Waals surface area contributed by atoms with Crippen molar-refractivity contribution in [3.05, 3.63) is 48.8 Å². The van der Waals surface area contributed by atoms with Crippen molar-refractivity contribution in [2.24, 2.45) is 0 Å². The molecule has 0 saturated heterocycles. The van der Waals surface area contributed by atoms with Gasteiger partial charge in [0.05, 0.1) is 5.56 Å². The Bertz CT molecular complexity index is 741. The third-order valence-electron chi connectivity index (χ3n) is 2.81. The van der Waals surface area contributed by atoms with E-state index in [0.717, 1.165) is 0 Å². The number of benzene rings is 1. The van der Waals surface area contributed by atoms with Gasteiger partial charge >= 0.3 is 0 Å². The highest BCUT2D eigenvalue weighted by Crippen LogP contribution is 2.20. The molecule has 21 heavy (non-hydrogen) atoms. The van der Waals surface area contributed by atoms with Gasteiger partial charge in [-0.2, -0.15) is 15.0 Å². The predicted octanol–water partition coefficient (Wildman–Crippen LogP) is 2.30. The van der Waals surface area contributed by atoms with Gasteiger partial charge in [-0.25, -0.2) is 9.37 Å². The highest BCUT2D eigenvalue weighted by molar-refractivity contribution is 5.57. The van der Waals surface area contributed by atoms with Gasteiger partial charge < -0.3 is 5.32 Å². The summed E-state index contributed by atoms with van der Waals surface area (Å²) in [6, 6.07) is 6.38. The van der Waals surface area contributed by atoms with Crippen molar-refractivity contribution in [2.75, 3.05) is 11.9 Å². The fourth-order valence-electron chi connectivity index (χ4n) is 1.86. The standard InChI is InChI=1S/C14H13FN6/c1-2-17-13-18-12(10-5-3-4-6-11(10)15)19-14(20-13)21-8-7-16-9-21/h3-9H,2H2,1H3,(H,17,18,19,20). The molecule has 0 aliphatic heterocycles. The van der Waals surface area contributed by atoms with E-state index in [1.54, 1.807) is 41.5 Å². The van der Waals surface area contributed by atoms with Crippen molar-refractivity contribution in [1.82, 2.24) is 24.5 Å². The molecule has 0 aliphatic rings. The molecule has 0 bridgehead atoms. The summed E-state index contributed by atoms with van der Waals surface area (Å²) in [7, 11) is 0. The molecule has 0 amide bonds. The average Bonchev–Trinajstić information content (AvgIpc) is 3.02. The van der Waals surface area contributed by atoms with E-state index in [-0.39, 0.29) is 11.6 Å². The van der Waals surface area contributed by atoms with Crippen LogP contribution in [0.2, 0.25) is 0 Å². The number of anilines is 1. The lowest BCUT2D eigenvalue weighted by molar-refractivity contribution is 0.629. The Morgan fingerprint density at radius 3 is 2.76 bits per heavy atom. The molecule has 3 rings (SSSR count). The van der Waals surface area contributed by atoms with Gasteiger partial charge in [0.25, 0.3) is 0 Å². The third-order valence-corrected chi connectivity index (χ3v) is 2.81. The molecule has 2 heterocycles. The predicted molar refractivity (Wildman–Crippen MR) is 76.5 cm³/mol. The maximum absolute atomic E-state index is 13.9. The normalized spacial score (nSPS) is 10.6. The Morgan fingerprint density at radius 1 is 1.19 bits per heavy atom. The minimum atomic E-state index is -0.372. The van der Waals surface area contributed by atoms with Crippen LogP contribution in [0.3, 0.4) is 0 Å². The number of hydrogen-bond acceptors (Lipinski definition) is 5. The van der Waals surface area contributed by atoms with Crippen LogP contribution in [-0.4, -0.2) is 31.0 Å². The Labute approximate surface area is 120 Å². The zero-order chi connectivity index (χ0) is 14.7. The second kappa shape index (κ2) is 5.66. The summed E-state index contributed by atoms with van der Waals surface area (Å²) in [5.41, 5.74) is 0.334. The molecule has 0 fully saturated rings. The minimum Gasteiger partial charge on any atom is -0.354 e. The number of imidazole rings is 1. The fourth-order valence-corrected chi connectivity index (χ4v) is 1.86. The van der Waals surface area contributed by atoms with Crippen LogP contribution >= 0.6 is 0 Å². The van der Waals surface area contributed by atoms with Crippen LogP contribution in [0.4, 0.5) is 10.3 Å². The van der Waals surface area contributed by atoms with Crippen LogP contribution in [0.15, 0.2) is 43.0 Å². The van der Waals surface area contributed by atoms with E-state index in [1.807, 2.05) is 6.92 Å². The molecular formula is C14H13FN6. The van der Waals surface area contributed by atoms with Crippen LogP contribution in [0.5, 0.6) is 0 Å². The first kappa shape index (κ1) is 13.2. The number of rotatable bonds is 4. The maximum atomic E-state index is 13.9. The van der Waals surface area contributed by atoms with E-state index in [2.05, 4.69) is 25.3 Å². The smallest absolute Gasteiger partial charge is 0.240 e. The summed E-state index contributed by atoms with van der Waals surface area (Å²) in [6.07, 6.45) is 4.92. The molecule has 1 N–H and O–H groups in total. The molecule has 0 aliphatic carbocycles. The third kappa shape index (κ3) is 2.71. The van der Waals surface area contributed by atoms with Gasteiger partial charge in [0, 0.05) is 18.9 Å². The topological polar surface area (TPSA) is 68.5 Å². The van der Waals surface area contributed by atoms with Crippen molar-refractivity contribution in [3.8, 4) is 17.3 Å². The van der Waals surface area contributed by atoms with Crippen LogP contribution in [0.25, 0.3) is 17.3 Å². The monoisotopic (exact) mass is 284 g/mol. The van der Waals surface area contributed by atoms with Gasteiger partial charge in [-0.1, -0.05) is 12.1 Å². The van der Waals surface area contributed by atoms with E-state index < -0.39 is 0 Å². The summed E-state index contributed by atoms with van der Waals surface area (Å²) in [4.78, 5) is 16.8. The highest BCUT2D eigenvalue weighted by atomic mass is 19.1. The van der Waals surface area contributed by atoms with Gasteiger partial charge in [0.2, 0.25) is 11.9 Å². The van der Waals surface area contributed by atoms with E-state index >= 15 is 0 Å². The van der Waals surface area contributed by atoms with E-state index in [9.17, 15) is 4.39 Å². The van der Waals surface area contributed by atoms with Gasteiger partial charge in [-0.3, -0.25) is 4.57 Å². The summed E-state index contributed by atoms with van der Waals surface area (Å²) in [5.74, 6) is 0.691. The summed E-state index contributed by atoms with van der Waals surface area (Å²) >= 11 is 0. The molecule has 0 unspecified atom stereocenters. The molecule has 0 atom stereocenters. The van der Waals surface area contributed by atoms with E-state index in [0.29, 0.717) is 24.0 Å². The van der Waals surface area contributed by atoms with Crippen LogP contribution in [-0.2, 0) is 0 Å². The first-order valence-electron chi connectivity index (χ1n) is 6.51. The van der Waals surface area contributed by atoms with Crippen molar-refractivity contribution in [1.29, 1.82) is 0 Å². The van der Waals surface area contributed by atoms with Crippen molar-refractivity contribution < 1.29 is 4.39 Å². The Hall–Kier alpha value is -2.83. The second-order valence-corrected chi connectivity index (χ2v) is 4.26. The lowest BCUT2D eigenvalue weighted by atomic mass is 10.2. The zero-order valence-corrected chi connectivity index (χ0v) is 11.4. The van der Waals surface area contributed by atoms with Crippen molar-refractivity contribution in [3.63, 3.8) is 0 Å². The Kier molecular flexibility index (Phi) is 3.55. The van der Waals surface area contributed by atoms with Crippen LogP contribution < -0.4 is 5.32 Å². The number of hydrogen-bond donors (Lipinski definition) is 1. The lowest BCUT2D eigenvalue weighted by Gasteiger charge is -2.08. The quantitative estimate of drug-likeness (QED) is 0.796. The molecule has 106 valence electrons. The van der Waals surface area contributed by atoms with E-state index in [1.165, 1.54) is 6.07 Å². The molecule has 0 spiro atoms. The summed E-state index contributed by atoms with van der Waals surface area (Å²) in [6.45, 7) is 2.59. The molecule has 6 nitrogen and oxygen atoms in total.